The highest BCUT2D eigenvalue weighted by molar-refractivity contribution is 6.08. The Hall–Kier alpha value is -0.660. The van der Waals surface area contributed by atoms with Crippen LogP contribution in [0.3, 0.4) is 0 Å². The smallest absolute Gasteiger partial charge is 0.143 e. The Balaban J connectivity index is -0.0000000687. The third-order valence-corrected chi connectivity index (χ3v) is 4.36. The molecule has 0 aromatic carbocycles. The van der Waals surface area contributed by atoms with Crippen LogP contribution < -0.4 is 0 Å². The molecule has 0 saturated heterocycles. The molecule has 1 saturated carbocycles. The average molecular weight is 305 g/mol. The maximum Gasteiger partial charge on any atom is 0.143 e. The van der Waals surface area contributed by atoms with Gasteiger partial charge >= 0.3 is 0 Å². The topological polar surface area (TPSA) is 34.1 Å². The number of carbonyl (C=O) groups excluding carboxylic acids is 2. The van der Waals surface area contributed by atoms with Crippen molar-refractivity contribution in [2.24, 2.45) is 22.7 Å². The second kappa shape index (κ2) is 11.0. The molecule has 0 aromatic heterocycles. The molecule has 0 aliphatic heterocycles. The van der Waals surface area contributed by atoms with Crippen molar-refractivity contribution in [1.82, 2.24) is 0 Å². The van der Waals surface area contributed by atoms with Crippen molar-refractivity contribution >= 4 is 11.6 Å². The van der Waals surface area contributed by atoms with Gasteiger partial charge in [0.2, 0.25) is 0 Å². The first-order chi connectivity index (χ1) is 7.38. The summed E-state index contributed by atoms with van der Waals surface area (Å²) >= 11 is 0. The first kappa shape index (κ1) is 32.3. The summed E-state index contributed by atoms with van der Waals surface area (Å²) in [5.74, 6) is 0.148. The fraction of sp³-hybridized carbons (Fsp3) is 0.895. The molecule has 0 N–H and O–H groups in total. The van der Waals surface area contributed by atoms with Crippen molar-refractivity contribution < 1.29 is 9.59 Å². The highest BCUT2D eigenvalue weighted by Crippen LogP contribution is 2.36. The summed E-state index contributed by atoms with van der Waals surface area (Å²) in [5, 5.41) is 0. The van der Waals surface area contributed by atoms with Crippen LogP contribution >= 0.6 is 0 Å². The lowest BCUT2D eigenvalue weighted by atomic mass is 9.71. The highest BCUT2D eigenvalue weighted by Gasteiger charge is 2.34. The second-order valence-corrected chi connectivity index (χ2v) is 7.19. The van der Waals surface area contributed by atoms with E-state index in [1.54, 1.807) is 0 Å². The molecule has 2 atom stereocenters. The van der Waals surface area contributed by atoms with Crippen molar-refractivity contribution in [2.45, 2.75) is 91.5 Å². The summed E-state index contributed by atoms with van der Waals surface area (Å²) < 4.78 is 0. The van der Waals surface area contributed by atoms with E-state index in [1.807, 2.05) is 13.8 Å². The second-order valence-electron chi connectivity index (χ2n) is 7.19. The molecule has 132 valence electrons. The number of Topliss-reactive ketones (excluding diaryl/α,β-unsaturated/α-hetero) is 2. The maximum atomic E-state index is 10.8. The van der Waals surface area contributed by atoms with Crippen LogP contribution in [0.15, 0.2) is 0 Å². The van der Waals surface area contributed by atoms with E-state index in [0.717, 1.165) is 0 Å². The predicted octanol–water partition coefficient (Wildman–Crippen LogP) is 6.42. The lowest BCUT2D eigenvalue weighted by Gasteiger charge is -2.34. The van der Waals surface area contributed by atoms with Crippen molar-refractivity contribution in [3.05, 3.63) is 0 Å². The largest absolute Gasteiger partial charge is 0.299 e. The summed E-state index contributed by atoms with van der Waals surface area (Å²) in [6.07, 6.45) is 0.169. The van der Waals surface area contributed by atoms with Gasteiger partial charge in [0.25, 0.3) is 0 Å². The minimum absolute atomic E-state index is 0. The lowest BCUT2D eigenvalue weighted by Crippen LogP contribution is -2.25. The van der Waals surface area contributed by atoms with Crippen LogP contribution in [0.1, 0.15) is 91.5 Å². The molecular weight excluding hydrogens is 260 g/mol. The molecule has 1 rings (SSSR count). The predicted molar refractivity (Wildman–Crippen MR) is 98.8 cm³/mol. The molecule has 21 heavy (non-hydrogen) atoms. The minimum Gasteiger partial charge on any atom is -0.299 e. The fourth-order valence-electron chi connectivity index (χ4n) is 1.05. The summed E-state index contributed by atoms with van der Waals surface area (Å²) in [5.41, 5.74) is 0.875. The summed E-state index contributed by atoms with van der Waals surface area (Å²) in [6.45, 7) is 17.3. The van der Waals surface area contributed by atoms with E-state index < -0.39 is 0 Å². The zero-order chi connectivity index (χ0) is 14.0. The number of hydrogen-bond donors (Lipinski definition) is 0. The first-order valence-electron chi connectivity index (χ1n) is 6.43. The Morgan fingerprint density at radius 3 is 0.905 bits per heavy atom. The standard InChI is InChI=1S/C8H18.C7H10O2.4CH4/c1-7(2,3)8(4,5)6;1-4-5(2)7(9)3-6(4)8;;;;/h1-6H3;4-5H,3H2,1-2H3;4*1H4. The molecule has 0 radical (unpaired) electrons. The van der Waals surface area contributed by atoms with Crippen LogP contribution in [0.5, 0.6) is 0 Å². The summed E-state index contributed by atoms with van der Waals surface area (Å²) in [6, 6.07) is 0. The Morgan fingerprint density at radius 2 is 0.857 bits per heavy atom. The molecule has 0 spiro atoms. The zero-order valence-corrected chi connectivity index (χ0v) is 12.7. The van der Waals surface area contributed by atoms with Gasteiger partial charge in [-0.1, -0.05) is 85.1 Å². The van der Waals surface area contributed by atoms with E-state index in [9.17, 15) is 9.59 Å². The first-order valence-corrected chi connectivity index (χ1v) is 6.43. The van der Waals surface area contributed by atoms with E-state index in [0.29, 0.717) is 10.8 Å². The Labute approximate surface area is 136 Å². The summed E-state index contributed by atoms with van der Waals surface area (Å²) in [7, 11) is 0. The number of hydrogen-bond acceptors (Lipinski definition) is 2. The molecule has 0 bridgehead atoms. The van der Waals surface area contributed by atoms with Gasteiger partial charge < -0.3 is 0 Å². The Kier molecular flexibility index (Phi) is 16.9. The maximum absolute atomic E-state index is 10.8. The number of rotatable bonds is 0. The highest BCUT2D eigenvalue weighted by atomic mass is 16.2. The van der Waals surface area contributed by atoms with Crippen molar-refractivity contribution in [2.75, 3.05) is 0 Å². The van der Waals surface area contributed by atoms with E-state index in [-0.39, 0.29) is 59.5 Å². The molecule has 0 amide bonds. The average Bonchev–Trinajstić information content (AvgIpc) is 2.31. The molecule has 0 heterocycles. The van der Waals surface area contributed by atoms with Crippen LogP contribution in [0, 0.1) is 22.7 Å². The molecule has 0 aromatic rings. The van der Waals surface area contributed by atoms with Crippen molar-refractivity contribution in [1.29, 1.82) is 0 Å². The third kappa shape index (κ3) is 9.82. The Morgan fingerprint density at radius 1 is 0.667 bits per heavy atom. The van der Waals surface area contributed by atoms with E-state index in [2.05, 4.69) is 41.5 Å². The SMILES string of the molecule is C.C.C.C.CC(C)(C)C(C)(C)C.CC1C(=O)CC(=O)C1C. The molecule has 1 fully saturated rings. The van der Waals surface area contributed by atoms with Gasteiger partial charge in [0, 0.05) is 11.8 Å². The molecule has 2 nitrogen and oxygen atoms in total. The van der Waals surface area contributed by atoms with Crippen LogP contribution in [-0.2, 0) is 9.59 Å². The van der Waals surface area contributed by atoms with Gasteiger partial charge in [-0.15, -0.1) is 0 Å². The molecule has 1 aliphatic rings. The van der Waals surface area contributed by atoms with Gasteiger partial charge in [0.1, 0.15) is 11.6 Å². The van der Waals surface area contributed by atoms with Gasteiger partial charge in [-0.25, -0.2) is 0 Å². The van der Waals surface area contributed by atoms with E-state index in [1.165, 1.54) is 0 Å². The van der Waals surface area contributed by atoms with Crippen molar-refractivity contribution in [3.63, 3.8) is 0 Å². The van der Waals surface area contributed by atoms with E-state index in [4.69, 9.17) is 0 Å². The molecular formula is C19H44O2. The van der Waals surface area contributed by atoms with Gasteiger partial charge in [-0.05, 0) is 10.8 Å². The minimum atomic E-state index is -0.0301. The number of carbonyl (C=O) groups is 2. The lowest BCUT2D eigenvalue weighted by molar-refractivity contribution is -0.122. The normalized spacial score (nSPS) is 20.8. The molecule has 2 unspecified atom stereocenters. The summed E-state index contributed by atoms with van der Waals surface area (Å²) in [4.78, 5) is 21.5. The van der Waals surface area contributed by atoms with Gasteiger partial charge in [-0.2, -0.15) is 0 Å². The Bertz CT molecular complexity index is 260. The molecule has 2 heteroatoms. The van der Waals surface area contributed by atoms with Crippen LogP contribution in [0.4, 0.5) is 0 Å². The van der Waals surface area contributed by atoms with Crippen LogP contribution in [-0.4, -0.2) is 11.6 Å². The molecule has 1 aliphatic carbocycles. The van der Waals surface area contributed by atoms with Crippen molar-refractivity contribution in [3.8, 4) is 0 Å². The zero-order valence-electron chi connectivity index (χ0n) is 12.7. The van der Waals surface area contributed by atoms with Gasteiger partial charge in [0.15, 0.2) is 0 Å². The van der Waals surface area contributed by atoms with Gasteiger partial charge in [-0.3, -0.25) is 9.59 Å². The fourth-order valence-corrected chi connectivity index (χ4v) is 1.05. The third-order valence-electron chi connectivity index (χ3n) is 4.36. The monoisotopic (exact) mass is 304 g/mol. The van der Waals surface area contributed by atoms with E-state index >= 15 is 0 Å². The van der Waals surface area contributed by atoms with Gasteiger partial charge in [0.05, 0.1) is 6.42 Å². The van der Waals surface area contributed by atoms with Crippen LogP contribution in [0.25, 0.3) is 0 Å². The van der Waals surface area contributed by atoms with Crippen LogP contribution in [0.2, 0.25) is 0 Å². The number of ketones is 2. The quantitative estimate of drug-likeness (QED) is 0.484.